The van der Waals surface area contributed by atoms with E-state index in [4.69, 9.17) is 0 Å². The van der Waals surface area contributed by atoms with E-state index in [-0.39, 0.29) is 0 Å². The van der Waals surface area contributed by atoms with Gasteiger partial charge < -0.3 is 10.0 Å². The van der Waals surface area contributed by atoms with E-state index in [0.29, 0.717) is 12.5 Å². The Kier molecular flexibility index (Phi) is 3.16. The van der Waals surface area contributed by atoms with Gasteiger partial charge in [-0.2, -0.15) is 5.10 Å². The van der Waals surface area contributed by atoms with Crippen LogP contribution in [0.1, 0.15) is 43.8 Å². The summed E-state index contributed by atoms with van der Waals surface area (Å²) in [7, 11) is 2.06. The molecule has 3 rings (SSSR count). The molecule has 4 heteroatoms. The van der Waals surface area contributed by atoms with E-state index in [1.54, 1.807) is 0 Å². The SMILES string of the molecule is CN1CCC(O)(Cc2ccn(C3CCCC3)n2)C1. The van der Waals surface area contributed by atoms with E-state index < -0.39 is 5.60 Å². The molecule has 1 aromatic rings. The number of β-amino-alcohol motifs (C(OH)–C–C–N with tert-alkyl or cyclic N) is 1. The van der Waals surface area contributed by atoms with Gasteiger partial charge in [0.1, 0.15) is 0 Å². The smallest absolute Gasteiger partial charge is 0.0841 e. The molecule has 1 aliphatic carbocycles. The summed E-state index contributed by atoms with van der Waals surface area (Å²) in [5, 5.41) is 15.2. The number of aliphatic hydroxyl groups is 1. The van der Waals surface area contributed by atoms with Crippen molar-refractivity contribution in [2.75, 3.05) is 20.1 Å². The Hall–Kier alpha value is -0.870. The Bertz CT molecular complexity index is 411. The highest BCUT2D eigenvalue weighted by molar-refractivity contribution is 5.07. The molecule has 0 aromatic carbocycles. The first-order valence-corrected chi connectivity index (χ1v) is 7.10. The molecule has 1 aliphatic heterocycles. The predicted molar refractivity (Wildman–Crippen MR) is 70.5 cm³/mol. The van der Waals surface area contributed by atoms with Crippen LogP contribution in [0.2, 0.25) is 0 Å². The largest absolute Gasteiger partial charge is 0.388 e. The van der Waals surface area contributed by atoms with Crippen LogP contribution in [0.3, 0.4) is 0 Å². The minimum Gasteiger partial charge on any atom is -0.388 e. The Balaban J connectivity index is 1.66. The maximum absolute atomic E-state index is 10.5. The van der Waals surface area contributed by atoms with E-state index in [0.717, 1.165) is 25.2 Å². The molecule has 0 radical (unpaired) electrons. The summed E-state index contributed by atoms with van der Waals surface area (Å²) in [5.74, 6) is 0. The molecule has 18 heavy (non-hydrogen) atoms. The zero-order chi connectivity index (χ0) is 12.6. The fourth-order valence-corrected chi connectivity index (χ4v) is 3.38. The normalized spacial score (nSPS) is 30.3. The van der Waals surface area contributed by atoms with Gasteiger partial charge in [0.15, 0.2) is 0 Å². The van der Waals surface area contributed by atoms with Crippen molar-refractivity contribution in [1.82, 2.24) is 14.7 Å². The lowest BCUT2D eigenvalue weighted by molar-refractivity contribution is 0.0512. The molecule has 1 unspecified atom stereocenters. The van der Waals surface area contributed by atoms with Crippen LogP contribution >= 0.6 is 0 Å². The van der Waals surface area contributed by atoms with Crippen molar-refractivity contribution >= 4 is 0 Å². The minimum atomic E-state index is -0.566. The van der Waals surface area contributed by atoms with Gasteiger partial charge in [-0.1, -0.05) is 12.8 Å². The first-order chi connectivity index (χ1) is 8.65. The summed E-state index contributed by atoms with van der Waals surface area (Å²) in [6.45, 7) is 1.75. The van der Waals surface area contributed by atoms with Crippen LogP contribution in [0.5, 0.6) is 0 Å². The summed E-state index contributed by atoms with van der Waals surface area (Å²) in [5.41, 5.74) is 0.476. The van der Waals surface area contributed by atoms with E-state index in [1.165, 1.54) is 25.7 Å². The minimum absolute atomic E-state index is 0.566. The average Bonchev–Trinajstić information content (AvgIpc) is 2.99. The molecule has 0 bridgehead atoms. The van der Waals surface area contributed by atoms with Crippen LogP contribution in [0.25, 0.3) is 0 Å². The molecule has 0 amide bonds. The quantitative estimate of drug-likeness (QED) is 0.885. The Morgan fingerprint density at radius 2 is 2.22 bits per heavy atom. The van der Waals surface area contributed by atoms with Crippen molar-refractivity contribution in [1.29, 1.82) is 0 Å². The first-order valence-electron chi connectivity index (χ1n) is 7.10. The van der Waals surface area contributed by atoms with Crippen molar-refractivity contribution in [3.63, 3.8) is 0 Å². The number of hydrogen-bond donors (Lipinski definition) is 1. The maximum atomic E-state index is 10.5. The molecule has 2 fully saturated rings. The Labute approximate surface area is 109 Å². The van der Waals surface area contributed by atoms with Gasteiger partial charge in [-0.25, -0.2) is 0 Å². The van der Waals surface area contributed by atoms with E-state index >= 15 is 0 Å². The molecule has 1 aromatic heterocycles. The molecular formula is C14H23N3O. The molecular weight excluding hydrogens is 226 g/mol. The summed E-state index contributed by atoms with van der Waals surface area (Å²) in [4.78, 5) is 2.19. The average molecular weight is 249 g/mol. The molecule has 2 heterocycles. The lowest BCUT2D eigenvalue weighted by Gasteiger charge is -2.21. The van der Waals surface area contributed by atoms with Gasteiger partial charge in [-0.15, -0.1) is 0 Å². The highest BCUT2D eigenvalue weighted by atomic mass is 16.3. The second-order valence-corrected chi connectivity index (χ2v) is 6.11. The van der Waals surface area contributed by atoms with E-state index in [2.05, 4.69) is 34.0 Å². The standard InChI is InChI=1S/C14H23N3O/c1-16-9-7-14(18,11-16)10-12-6-8-17(15-12)13-4-2-3-5-13/h6,8,13,18H,2-5,7,9-11H2,1H3. The fourth-order valence-electron chi connectivity index (χ4n) is 3.38. The van der Waals surface area contributed by atoms with Gasteiger partial charge in [0.25, 0.3) is 0 Å². The van der Waals surface area contributed by atoms with Crippen molar-refractivity contribution in [3.05, 3.63) is 18.0 Å². The highest BCUT2D eigenvalue weighted by Gasteiger charge is 2.35. The molecule has 100 valence electrons. The van der Waals surface area contributed by atoms with Crippen LogP contribution in [0.15, 0.2) is 12.3 Å². The summed E-state index contributed by atoms with van der Waals surface area (Å²) in [6.07, 6.45) is 8.82. The third kappa shape index (κ3) is 2.45. The van der Waals surface area contributed by atoms with Gasteiger partial charge in [-0.05, 0) is 32.4 Å². The fraction of sp³-hybridized carbons (Fsp3) is 0.786. The van der Waals surface area contributed by atoms with Crippen LogP contribution in [0.4, 0.5) is 0 Å². The lowest BCUT2D eigenvalue weighted by atomic mass is 9.97. The van der Waals surface area contributed by atoms with Gasteiger partial charge in [0, 0.05) is 25.7 Å². The number of rotatable bonds is 3. The molecule has 1 N–H and O–H groups in total. The first kappa shape index (κ1) is 12.2. The van der Waals surface area contributed by atoms with Gasteiger partial charge >= 0.3 is 0 Å². The van der Waals surface area contributed by atoms with Gasteiger partial charge in [0.05, 0.1) is 17.3 Å². The zero-order valence-electron chi connectivity index (χ0n) is 11.2. The van der Waals surface area contributed by atoms with E-state index in [9.17, 15) is 5.11 Å². The van der Waals surface area contributed by atoms with Gasteiger partial charge in [0.2, 0.25) is 0 Å². The molecule has 1 atom stereocenters. The Morgan fingerprint density at radius 3 is 2.89 bits per heavy atom. The lowest BCUT2D eigenvalue weighted by Crippen LogP contribution is -2.34. The summed E-state index contributed by atoms with van der Waals surface area (Å²) < 4.78 is 2.12. The number of nitrogens with zero attached hydrogens (tertiary/aromatic N) is 3. The van der Waals surface area contributed by atoms with Crippen LogP contribution in [0, 0.1) is 0 Å². The van der Waals surface area contributed by atoms with Crippen molar-refractivity contribution in [3.8, 4) is 0 Å². The molecule has 2 aliphatic rings. The summed E-state index contributed by atoms with van der Waals surface area (Å²) >= 11 is 0. The van der Waals surface area contributed by atoms with Gasteiger partial charge in [-0.3, -0.25) is 4.68 Å². The predicted octanol–water partition coefficient (Wildman–Crippen LogP) is 1.61. The molecule has 1 saturated heterocycles. The number of likely N-dealkylation sites (N-methyl/N-ethyl adjacent to an activating group) is 1. The monoisotopic (exact) mass is 249 g/mol. The van der Waals surface area contributed by atoms with Crippen molar-refractivity contribution in [2.45, 2.75) is 50.2 Å². The topological polar surface area (TPSA) is 41.3 Å². The Morgan fingerprint density at radius 1 is 1.44 bits per heavy atom. The zero-order valence-corrected chi connectivity index (χ0v) is 11.2. The molecule has 1 saturated carbocycles. The third-order valence-electron chi connectivity index (χ3n) is 4.40. The summed E-state index contributed by atoms with van der Waals surface area (Å²) in [6, 6.07) is 2.67. The van der Waals surface area contributed by atoms with Crippen LogP contribution in [-0.2, 0) is 6.42 Å². The van der Waals surface area contributed by atoms with Crippen molar-refractivity contribution in [2.24, 2.45) is 0 Å². The number of hydrogen-bond acceptors (Lipinski definition) is 3. The maximum Gasteiger partial charge on any atom is 0.0841 e. The molecule has 4 nitrogen and oxygen atoms in total. The van der Waals surface area contributed by atoms with Crippen LogP contribution in [-0.4, -0.2) is 45.5 Å². The van der Waals surface area contributed by atoms with E-state index in [1.807, 2.05) is 0 Å². The highest BCUT2D eigenvalue weighted by Crippen LogP contribution is 2.29. The second-order valence-electron chi connectivity index (χ2n) is 6.11. The molecule has 0 spiro atoms. The number of aromatic nitrogens is 2. The van der Waals surface area contributed by atoms with Crippen molar-refractivity contribution < 1.29 is 5.11 Å². The second kappa shape index (κ2) is 4.67. The van der Waals surface area contributed by atoms with Crippen LogP contribution < -0.4 is 0 Å². The third-order valence-corrected chi connectivity index (χ3v) is 4.40. The number of likely N-dealkylation sites (tertiary alicyclic amines) is 1.